The SMILES string of the molecule is O=C1N/C(=C/c2ccc(F)cc2)C(=S)N1Cc1ccc(Cl)cc1. The molecule has 1 aliphatic heterocycles. The molecular weight excluding hydrogens is 335 g/mol. The summed E-state index contributed by atoms with van der Waals surface area (Å²) in [6.45, 7) is 0.364. The standard InChI is InChI=1S/C17H12ClFN2OS/c18-13-5-1-12(2-6-13)10-21-16(23)15(20-17(21)22)9-11-3-7-14(19)8-4-11/h1-9H,10H2,(H,20,22)/b15-9+. The maximum atomic E-state index is 12.9. The third-order valence-corrected chi connectivity index (χ3v) is 4.09. The van der Waals surface area contributed by atoms with Crippen molar-refractivity contribution in [3.8, 4) is 0 Å². The smallest absolute Gasteiger partial charge is 0.305 e. The van der Waals surface area contributed by atoms with Gasteiger partial charge in [0.2, 0.25) is 0 Å². The van der Waals surface area contributed by atoms with E-state index in [9.17, 15) is 9.18 Å². The van der Waals surface area contributed by atoms with E-state index in [1.165, 1.54) is 17.0 Å². The van der Waals surface area contributed by atoms with Crippen LogP contribution in [-0.4, -0.2) is 15.9 Å². The summed E-state index contributed by atoms with van der Waals surface area (Å²) in [6.07, 6.45) is 1.72. The summed E-state index contributed by atoms with van der Waals surface area (Å²) in [4.78, 5) is 14.0. The maximum Gasteiger partial charge on any atom is 0.327 e. The Bertz CT molecular complexity index is 787. The highest BCUT2D eigenvalue weighted by molar-refractivity contribution is 7.80. The van der Waals surface area contributed by atoms with Crippen LogP contribution in [0.15, 0.2) is 54.2 Å². The molecule has 0 radical (unpaired) electrons. The summed E-state index contributed by atoms with van der Waals surface area (Å²) >= 11 is 11.2. The fourth-order valence-electron chi connectivity index (χ4n) is 2.21. The van der Waals surface area contributed by atoms with Gasteiger partial charge in [0.1, 0.15) is 10.8 Å². The Labute approximate surface area is 143 Å². The second kappa shape index (κ2) is 6.48. The molecule has 0 spiro atoms. The number of thiocarbonyl (C=S) groups is 1. The molecule has 3 nitrogen and oxygen atoms in total. The molecule has 0 atom stereocenters. The van der Waals surface area contributed by atoms with E-state index in [0.29, 0.717) is 22.3 Å². The van der Waals surface area contributed by atoms with Crippen LogP contribution in [0.2, 0.25) is 5.02 Å². The third-order valence-electron chi connectivity index (χ3n) is 3.40. The van der Waals surface area contributed by atoms with Gasteiger partial charge in [-0.2, -0.15) is 0 Å². The lowest BCUT2D eigenvalue weighted by atomic mass is 10.2. The Morgan fingerprint density at radius 1 is 1.13 bits per heavy atom. The second-order valence-electron chi connectivity index (χ2n) is 5.06. The first-order valence-electron chi connectivity index (χ1n) is 6.87. The zero-order chi connectivity index (χ0) is 16.4. The lowest BCUT2D eigenvalue weighted by molar-refractivity contribution is 0.228. The molecule has 0 saturated carbocycles. The molecule has 2 aromatic rings. The van der Waals surface area contributed by atoms with Crippen molar-refractivity contribution in [2.24, 2.45) is 0 Å². The molecule has 2 amide bonds. The minimum absolute atomic E-state index is 0.279. The number of benzene rings is 2. The second-order valence-corrected chi connectivity index (χ2v) is 5.88. The van der Waals surface area contributed by atoms with Crippen molar-refractivity contribution in [1.29, 1.82) is 0 Å². The molecule has 0 aliphatic carbocycles. The number of halogens is 2. The lowest BCUT2D eigenvalue weighted by Gasteiger charge is -2.13. The Morgan fingerprint density at radius 3 is 2.43 bits per heavy atom. The number of nitrogens with one attached hydrogen (secondary N) is 1. The lowest BCUT2D eigenvalue weighted by Crippen LogP contribution is -2.29. The van der Waals surface area contributed by atoms with E-state index in [0.717, 1.165) is 11.1 Å². The molecule has 6 heteroatoms. The first-order chi connectivity index (χ1) is 11.0. The molecule has 116 valence electrons. The molecule has 1 saturated heterocycles. The zero-order valence-electron chi connectivity index (χ0n) is 11.9. The normalized spacial score (nSPS) is 16.1. The molecule has 0 unspecified atom stereocenters. The van der Waals surface area contributed by atoms with E-state index in [2.05, 4.69) is 5.32 Å². The summed E-state index contributed by atoms with van der Waals surface area (Å²) in [5.74, 6) is -0.311. The van der Waals surface area contributed by atoms with Crippen LogP contribution in [0.5, 0.6) is 0 Å². The van der Waals surface area contributed by atoms with Gasteiger partial charge in [-0.15, -0.1) is 0 Å². The van der Waals surface area contributed by atoms with Crippen LogP contribution in [0.3, 0.4) is 0 Å². The summed E-state index contributed by atoms with van der Waals surface area (Å²) < 4.78 is 12.9. The summed E-state index contributed by atoms with van der Waals surface area (Å²) in [6, 6.07) is 12.9. The van der Waals surface area contributed by atoms with Crippen LogP contribution in [0.1, 0.15) is 11.1 Å². The van der Waals surface area contributed by atoms with Crippen molar-refractivity contribution in [2.45, 2.75) is 6.54 Å². The van der Waals surface area contributed by atoms with Gasteiger partial charge < -0.3 is 5.32 Å². The number of carbonyl (C=O) groups excluding carboxylic acids is 1. The van der Waals surface area contributed by atoms with Gasteiger partial charge in [-0.25, -0.2) is 9.18 Å². The van der Waals surface area contributed by atoms with Crippen molar-refractivity contribution >= 4 is 40.9 Å². The maximum absolute atomic E-state index is 12.9. The van der Waals surface area contributed by atoms with Gasteiger partial charge >= 0.3 is 6.03 Å². The van der Waals surface area contributed by atoms with Crippen LogP contribution >= 0.6 is 23.8 Å². The molecule has 1 fully saturated rings. The Hall–Kier alpha value is -2.24. The number of amides is 2. The molecule has 0 aromatic heterocycles. The van der Waals surface area contributed by atoms with Crippen molar-refractivity contribution in [1.82, 2.24) is 10.2 Å². The fraction of sp³-hybridized carbons (Fsp3) is 0.0588. The van der Waals surface area contributed by atoms with Crippen LogP contribution < -0.4 is 5.32 Å². The van der Waals surface area contributed by atoms with Gasteiger partial charge in [0.05, 0.1) is 12.2 Å². The van der Waals surface area contributed by atoms with Crippen LogP contribution in [-0.2, 0) is 6.54 Å². The highest BCUT2D eigenvalue weighted by Gasteiger charge is 2.29. The van der Waals surface area contributed by atoms with Gasteiger partial charge in [-0.3, -0.25) is 4.90 Å². The number of urea groups is 1. The third kappa shape index (κ3) is 3.57. The van der Waals surface area contributed by atoms with E-state index < -0.39 is 0 Å². The summed E-state index contributed by atoms with van der Waals surface area (Å²) in [7, 11) is 0. The van der Waals surface area contributed by atoms with E-state index in [-0.39, 0.29) is 11.8 Å². The van der Waals surface area contributed by atoms with Crippen LogP contribution in [0.25, 0.3) is 6.08 Å². The number of nitrogens with zero attached hydrogens (tertiary/aromatic N) is 1. The highest BCUT2D eigenvalue weighted by Crippen LogP contribution is 2.19. The zero-order valence-corrected chi connectivity index (χ0v) is 13.5. The molecular formula is C17H12ClFN2OS. The Kier molecular flexibility index (Phi) is 4.41. The Morgan fingerprint density at radius 2 is 1.78 bits per heavy atom. The number of hydrogen-bond acceptors (Lipinski definition) is 2. The van der Waals surface area contributed by atoms with E-state index in [4.69, 9.17) is 23.8 Å². The van der Waals surface area contributed by atoms with Gasteiger partial charge in [-0.05, 0) is 41.5 Å². The summed E-state index contributed by atoms with van der Waals surface area (Å²) in [5, 5.41) is 3.37. The highest BCUT2D eigenvalue weighted by atomic mass is 35.5. The van der Waals surface area contributed by atoms with Crippen molar-refractivity contribution in [3.05, 3.63) is 76.2 Å². The van der Waals surface area contributed by atoms with Gasteiger partial charge in [0, 0.05) is 5.02 Å². The topological polar surface area (TPSA) is 32.3 Å². The van der Waals surface area contributed by atoms with Crippen molar-refractivity contribution < 1.29 is 9.18 Å². The van der Waals surface area contributed by atoms with Crippen molar-refractivity contribution in [2.75, 3.05) is 0 Å². The van der Waals surface area contributed by atoms with Crippen LogP contribution in [0.4, 0.5) is 9.18 Å². The predicted molar refractivity (Wildman–Crippen MR) is 92.5 cm³/mol. The molecule has 2 aromatic carbocycles. The van der Waals surface area contributed by atoms with Gasteiger partial charge in [0.15, 0.2) is 0 Å². The number of rotatable bonds is 3. The molecule has 1 aliphatic rings. The minimum Gasteiger partial charge on any atom is -0.305 e. The van der Waals surface area contributed by atoms with Crippen molar-refractivity contribution in [3.63, 3.8) is 0 Å². The minimum atomic E-state index is -0.311. The molecule has 3 rings (SSSR count). The fourth-order valence-corrected chi connectivity index (χ4v) is 2.60. The first kappa shape index (κ1) is 15.6. The van der Waals surface area contributed by atoms with Crippen LogP contribution in [0, 0.1) is 5.82 Å². The van der Waals surface area contributed by atoms with E-state index in [1.54, 1.807) is 30.3 Å². The number of hydrogen-bond donors (Lipinski definition) is 1. The number of carbonyl (C=O) groups is 1. The quantitative estimate of drug-likeness (QED) is 0.661. The monoisotopic (exact) mass is 346 g/mol. The molecule has 0 bridgehead atoms. The largest absolute Gasteiger partial charge is 0.327 e. The van der Waals surface area contributed by atoms with E-state index in [1.807, 2.05) is 12.1 Å². The van der Waals surface area contributed by atoms with Gasteiger partial charge in [-0.1, -0.05) is 48.1 Å². The average molecular weight is 347 g/mol. The first-order valence-corrected chi connectivity index (χ1v) is 7.66. The van der Waals surface area contributed by atoms with Gasteiger partial charge in [0.25, 0.3) is 0 Å². The molecule has 23 heavy (non-hydrogen) atoms. The average Bonchev–Trinajstić information content (AvgIpc) is 2.79. The summed E-state index contributed by atoms with van der Waals surface area (Å²) in [5.41, 5.74) is 2.22. The molecule has 1 N–H and O–H groups in total. The predicted octanol–water partition coefficient (Wildman–Crippen LogP) is 4.37. The molecule has 1 heterocycles. The Balaban J connectivity index is 1.79. The van der Waals surface area contributed by atoms with E-state index >= 15 is 0 Å².